The van der Waals surface area contributed by atoms with Crippen LogP contribution in [0.15, 0.2) is 158 Å². The molecular weight excluding hydrogens is 765 g/mol. The van der Waals surface area contributed by atoms with Crippen LogP contribution in [0.3, 0.4) is 0 Å². The molecule has 1 atom stereocenters. The van der Waals surface area contributed by atoms with E-state index in [-0.39, 0.29) is 77.9 Å². The van der Waals surface area contributed by atoms with E-state index in [2.05, 4.69) is 165 Å². The van der Waals surface area contributed by atoms with Crippen LogP contribution in [0.2, 0.25) is 0 Å². The number of allylic oxidation sites excluding steroid dienone is 18. The zero-order chi connectivity index (χ0) is 38.3. The Morgan fingerprint density at radius 2 is 0.907 bits per heavy atom. The first kappa shape index (κ1) is 80.8. The molecule has 3 radical (unpaired) electrons. The van der Waals surface area contributed by atoms with Gasteiger partial charge < -0.3 is 22.3 Å². The van der Waals surface area contributed by atoms with Gasteiger partial charge in [0, 0.05) is 55.7 Å². The maximum Gasteiger partial charge on any atom is 0 e. The van der Waals surface area contributed by atoms with Crippen molar-refractivity contribution in [2.24, 2.45) is 5.92 Å². The summed E-state index contributed by atoms with van der Waals surface area (Å²) in [6.45, 7) is 52.1. The minimum Gasteiger partial charge on any atom is -0.358 e. The average molecular weight is 855 g/mol. The van der Waals surface area contributed by atoms with Gasteiger partial charge >= 0.3 is 0 Å². The van der Waals surface area contributed by atoms with Gasteiger partial charge in [-0.15, -0.1) is 32.9 Å². The van der Waals surface area contributed by atoms with Crippen molar-refractivity contribution in [1.82, 2.24) is 0 Å². The van der Waals surface area contributed by atoms with Crippen molar-refractivity contribution in [1.29, 1.82) is 0 Å². The van der Waals surface area contributed by atoms with E-state index in [1.807, 2.05) is 24.3 Å². The van der Waals surface area contributed by atoms with Crippen molar-refractivity contribution in [3.8, 4) is 0 Å². The molecule has 0 spiro atoms. The number of hydrogen-bond acceptors (Lipinski definition) is 0. The van der Waals surface area contributed by atoms with Crippen molar-refractivity contribution in [2.75, 3.05) is 0 Å². The van der Waals surface area contributed by atoms with Gasteiger partial charge in [-0.25, -0.2) is 0 Å². The molecule has 0 heterocycles. The van der Waals surface area contributed by atoms with Gasteiger partial charge in [0.2, 0.25) is 0 Å². The molecule has 0 aliphatic rings. The van der Waals surface area contributed by atoms with Gasteiger partial charge in [0.05, 0.1) is 0 Å². The van der Waals surface area contributed by atoms with Gasteiger partial charge in [-0.1, -0.05) is 132 Å². The quantitative estimate of drug-likeness (QED) is 0.0690. The molecule has 0 bridgehead atoms. The molecule has 3 heteroatoms. The number of rotatable bonds is 19. The SMILES string of the molecule is C=C.C=CC(=C)CCC=C(C)C.C=CC(C)C(=C)CCC=C(C)C.C=CCC(=CC)CCC=C(C)C.C=CCC=C(C)CCC=C(C)C.[CH3-].[CH3-].[CH3-].[V].[V].[V]. The maximum absolute atomic E-state index is 4.02. The second kappa shape index (κ2) is 63.3. The molecule has 0 aromatic carbocycles. The Bertz CT molecular complexity index is 1050. The van der Waals surface area contributed by atoms with Gasteiger partial charge in [0.25, 0.3) is 0 Å². The van der Waals surface area contributed by atoms with Gasteiger partial charge in [-0.05, 0) is 139 Å². The molecule has 311 valence electrons. The van der Waals surface area contributed by atoms with E-state index in [1.165, 1.54) is 58.3 Å². The smallest absolute Gasteiger partial charge is 0 e. The van der Waals surface area contributed by atoms with E-state index in [9.17, 15) is 0 Å². The minimum absolute atomic E-state index is 0. The maximum atomic E-state index is 4.02. The summed E-state index contributed by atoms with van der Waals surface area (Å²) in [7, 11) is 0. The second-order valence-corrected chi connectivity index (χ2v) is 12.8. The molecule has 0 rings (SSSR count). The summed E-state index contributed by atoms with van der Waals surface area (Å²) >= 11 is 0. The first-order valence-corrected chi connectivity index (χ1v) is 17.8. The molecular formula is C51H89V3-3. The monoisotopic (exact) mass is 855 g/mol. The average Bonchev–Trinajstić information content (AvgIpc) is 3.04. The molecule has 0 aliphatic carbocycles. The fraction of sp³-hybridized carbons (Fsp3) is 0.431. The van der Waals surface area contributed by atoms with E-state index in [0.29, 0.717) is 5.92 Å². The largest absolute Gasteiger partial charge is 0.358 e. The van der Waals surface area contributed by atoms with Crippen molar-refractivity contribution in [2.45, 2.75) is 140 Å². The van der Waals surface area contributed by atoms with Crippen LogP contribution in [-0.2, 0) is 55.7 Å². The first-order chi connectivity index (χ1) is 22.6. The van der Waals surface area contributed by atoms with E-state index in [0.717, 1.165) is 50.5 Å². The third-order valence-corrected chi connectivity index (χ3v) is 6.88. The number of hydrogen-bond donors (Lipinski definition) is 0. The standard InChI is InChI=1S/3C12H20.C10H16.C2H4.3CH3.3V/c1-6-11(4)12(5)9-7-8-10(2)3;1-5-6-9-12(4)10-7-8-11(2)3;1-5-8-12(6-2)10-7-9-11(3)4;1-5-10(4)8-6-7-9(2)3;1-2;;;;;;/h6,8,11H,1,5,7,9H2,2-4H3;5,8-9H,1,6-7,10H2,2-4H3;5-6,9H,1,7-8,10H2,2-4H3;5,7H,1,4,6,8H2,2-3H3;1-2H2;3*1H3;;;/q;;;;;3*-1;;;. The molecule has 54 heavy (non-hydrogen) atoms. The summed E-state index contributed by atoms with van der Waals surface area (Å²) in [5.74, 6) is 0.454. The predicted molar refractivity (Wildman–Crippen MR) is 250 cm³/mol. The van der Waals surface area contributed by atoms with Crippen molar-refractivity contribution >= 4 is 0 Å². The van der Waals surface area contributed by atoms with E-state index in [1.54, 1.807) is 0 Å². The van der Waals surface area contributed by atoms with Crippen molar-refractivity contribution < 1.29 is 55.7 Å². The van der Waals surface area contributed by atoms with Crippen LogP contribution in [0.5, 0.6) is 0 Å². The Hall–Kier alpha value is -1.63. The molecule has 0 aromatic rings. The van der Waals surface area contributed by atoms with Crippen LogP contribution < -0.4 is 0 Å². The summed E-state index contributed by atoms with van der Waals surface area (Å²) in [4.78, 5) is 0. The summed E-state index contributed by atoms with van der Waals surface area (Å²) in [5, 5.41) is 0. The fourth-order valence-electron chi connectivity index (χ4n) is 3.66. The van der Waals surface area contributed by atoms with Crippen molar-refractivity contribution in [3.63, 3.8) is 0 Å². The van der Waals surface area contributed by atoms with Crippen LogP contribution in [0.1, 0.15) is 140 Å². The Morgan fingerprint density at radius 3 is 1.22 bits per heavy atom. The van der Waals surface area contributed by atoms with Gasteiger partial charge in [-0.2, -0.15) is 0 Å². The van der Waals surface area contributed by atoms with Crippen LogP contribution >= 0.6 is 0 Å². The molecule has 1 unspecified atom stereocenters. The molecule has 0 fully saturated rings. The van der Waals surface area contributed by atoms with Gasteiger partial charge in [-0.3, -0.25) is 0 Å². The van der Waals surface area contributed by atoms with Crippen molar-refractivity contribution in [3.05, 3.63) is 180 Å². The van der Waals surface area contributed by atoms with Gasteiger partial charge in [0.15, 0.2) is 0 Å². The molecule has 0 saturated carbocycles. The third kappa shape index (κ3) is 79.2. The van der Waals surface area contributed by atoms with E-state index >= 15 is 0 Å². The Kier molecular flexibility index (Phi) is 94.7. The Labute approximate surface area is 379 Å². The minimum atomic E-state index is 0. The third-order valence-electron chi connectivity index (χ3n) is 6.88. The summed E-state index contributed by atoms with van der Waals surface area (Å²) in [5.41, 5.74) is 10.9. The Balaban J connectivity index is -0.0000000482. The topological polar surface area (TPSA) is 0 Å². The Morgan fingerprint density at radius 1 is 0.537 bits per heavy atom. The van der Waals surface area contributed by atoms with Crippen LogP contribution in [0, 0.1) is 28.2 Å². The molecule has 0 N–H and O–H groups in total. The normalized spacial score (nSPS) is 9.24. The molecule has 0 nitrogen and oxygen atoms in total. The van der Waals surface area contributed by atoms with E-state index in [4.69, 9.17) is 0 Å². The summed E-state index contributed by atoms with van der Waals surface area (Å²) in [6, 6.07) is 0. The van der Waals surface area contributed by atoms with Crippen LogP contribution in [0.4, 0.5) is 0 Å². The first-order valence-electron chi connectivity index (χ1n) is 17.8. The molecule has 0 aromatic heterocycles. The molecule has 0 saturated heterocycles. The van der Waals surface area contributed by atoms with Crippen LogP contribution in [-0.4, -0.2) is 0 Å². The zero-order valence-corrected chi connectivity index (χ0v) is 42.6. The van der Waals surface area contributed by atoms with Crippen LogP contribution in [0.25, 0.3) is 0 Å². The molecule has 0 amide bonds. The zero-order valence-electron chi connectivity index (χ0n) is 38.4. The summed E-state index contributed by atoms with van der Waals surface area (Å²) in [6.07, 6.45) is 32.2. The predicted octanol–water partition coefficient (Wildman–Crippen LogP) is 18.2. The fourth-order valence-corrected chi connectivity index (χ4v) is 3.66. The van der Waals surface area contributed by atoms with E-state index < -0.39 is 0 Å². The molecule has 0 aliphatic heterocycles. The summed E-state index contributed by atoms with van der Waals surface area (Å²) < 4.78 is 0. The van der Waals surface area contributed by atoms with Gasteiger partial charge in [0.1, 0.15) is 0 Å². The second-order valence-electron chi connectivity index (χ2n) is 12.8.